The molecule has 0 aromatic carbocycles. The summed E-state index contributed by atoms with van der Waals surface area (Å²) in [5.41, 5.74) is 0.308. The first-order valence-corrected chi connectivity index (χ1v) is 3.36. The Morgan fingerprint density at radius 1 is 1.33 bits per heavy atom. The predicted molar refractivity (Wildman–Crippen MR) is 43.1 cm³/mol. The van der Waals surface area contributed by atoms with Crippen molar-refractivity contribution >= 4 is 5.71 Å². The summed E-state index contributed by atoms with van der Waals surface area (Å²) in [6, 6.07) is 0. The van der Waals surface area contributed by atoms with E-state index in [0.717, 1.165) is 0 Å². The van der Waals surface area contributed by atoms with Crippen molar-refractivity contribution in [2.24, 2.45) is 4.99 Å². The van der Waals surface area contributed by atoms with E-state index in [9.17, 15) is 13.2 Å². The highest BCUT2D eigenvalue weighted by Gasteiger charge is 2.26. The Morgan fingerprint density at radius 2 is 1.92 bits per heavy atom. The maximum atomic E-state index is 11.7. The van der Waals surface area contributed by atoms with Gasteiger partial charge in [0, 0.05) is 18.3 Å². The van der Waals surface area contributed by atoms with E-state index in [-0.39, 0.29) is 6.42 Å². The lowest BCUT2D eigenvalue weighted by molar-refractivity contribution is -0.132. The zero-order chi connectivity index (χ0) is 9.61. The van der Waals surface area contributed by atoms with Gasteiger partial charge in [-0.15, -0.1) is 0 Å². The first-order chi connectivity index (χ1) is 5.49. The minimum Gasteiger partial charge on any atom is -0.262 e. The minimum absolute atomic E-state index is 0.140. The van der Waals surface area contributed by atoms with E-state index in [2.05, 4.69) is 18.2 Å². The molecule has 0 heterocycles. The lowest BCUT2D eigenvalue weighted by Crippen LogP contribution is -2.09. The summed E-state index contributed by atoms with van der Waals surface area (Å²) in [6.07, 6.45) is -2.64. The van der Waals surface area contributed by atoms with Crippen LogP contribution < -0.4 is 0 Å². The van der Waals surface area contributed by atoms with Crippen LogP contribution in [0, 0.1) is 0 Å². The average molecular weight is 177 g/mol. The fourth-order valence-corrected chi connectivity index (χ4v) is 0.606. The SMILES string of the molecule is C=CN=C(C=C)CCC(F)(F)F. The normalized spacial score (nSPS) is 12.8. The van der Waals surface area contributed by atoms with E-state index < -0.39 is 12.6 Å². The van der Waals surface area contributed by atoms with Gasteiger partial charge in [0.25, 0.3) is 0 Å². The number of halogens is 3. The molecule has 0 atom stereocenters. The molecular weight excluding hydrogens is 167 g/mol. The Labute approximate surface area is 69.3 Å². The van der Waals surface area contributed by atoms with Crippen LogP contribution in [-0.2, 0) is 0 Å². The van der Waals surface area contributed by atoms with Crippen molar-refractivity contribution in [1.29, 1.82) is 0 Å². The third-order valence-corrected chi connectivity index (χ3v) is 1.16. The molecule has 0 aliphatic heterocycles. The van der Waals surface area contributed by atoms with Crippen molar-refractivity contribution in [3.8, 4) is 0 Å². The first-order valence-electron chi connectivity index (χ1n) is 3.36. The molecular formula is C8H10F3N. The van der Waals surface area contributed by atoms with E-state index in [1.54, 1.807) is 0 Å². The number of rotatable bonds is 4. The molecule has 0 aromatic rings. The standard InChI is InChI=1S/C8H10F3N/c1-3-7(12-4-2)5-6-8(9,10)11/h3-4H,1-2,5-6H2. The van der Waals surface area contributed by atoms with Crippen LogP contribution in [-0.4, -0.2) is 11.9 Å². The Bertz CT molecular complexity index is 191. The van der Waals surface area contributed by atoms with Gasteiger partial charge in [0.15, 0.2) is 0 Å². The maximum absolute atomic E-state index is 11.7. The highest BCUT2D eigenvalue weighted by molar-refractivity contribution is 5.94. The minimum atomic E-state index is -4.13. The van der Waals surface area contributed by atoms with Gasteiger partial charge in [-0.1, -0.05) is 13.2 Å². The Morgan fingerprint density at radius 3 is 2.25 bits per heavy atom. The summed E-state index contributed by atoms with van der Waals surface area (Å²) in [5.74, 6) is 0. The zero-order valence-electron chi connectivity index (χ0n) is 6.56. The summed E-state index contributed by atoms with van der Waals surface area (Å²) in [6.45, 7) is 6.61. The van der Waals surface area contributed by atoms with Crippen molar-refractivity contribution in [2.45, 2.75) is 19.0 Å². The second kappa shape index (κ2) is 4.74. The highest BCUT2D eigenvalue weighted by atomic mass is 19.4. The third-order valence-electron chi connectivity index (χ3n) is 1.16. The van der Waals surface area contributed by atoms with Crippen LogP contribution in [0.15, 0.2) is 30.4 Å². The van der Waals surface area contributed by atoms with E-state index in [0.29, 0.717) is 5.71 Å². The Hall–Kier alpha value is -1.06. The fraction of sp³-hybridized carbons (Fsp3) is 0.375. The molecule has 0 unspecified atom stereocenters. The van der Waals surface area contributed by atoms with Gasteiger partial charge in [0.05, 0.1) is 0 Å². The number of alkyl halides is 3. The van der Waals surface area contributed by atoms with Crippen LogP contribution in [0.5, 0.6) is 0 Å². The van der Waals surface area contributed by atoms with Gasteiger partial charge in [0.2, 0.25) is 0 Å². The molecule has 0 amide bonds. The maximum Gasteiger partial charge on any atom is 0.389 e. The highest BCUT2D eigenvalue weighted by Crippen LogP contribution is 2.21. The van der Waals surface area contributed by atoms with E-state index >= 15 is 0 Å². The molecule has 1 nitrogen and oxygen atoms in total. The molecule has 0 aromatic heterocycles. The van der Waals surface area contributed by atoms with Gasteiger partial charge in [-0.25, -0.2) is 0 Å². The van der Waals surface area contributed by atoms with Gasteiger partial charge < -0.3 is 0 Å². The van der Waals surface area contributed by atoms with Gasteiger partial charge in [-0.05, 0) is 12.5 Å². The second-order valence-corrected chi connectivity index (χ2v) is 2.12. The van der Waals surface area contributed by atoms with Crippen LogP contribution in [0.25, 0.3) is 0 Å². The molecule has 0 aliphatic carbocycles. The topological polar surface area (TPSA) is 12.4 Å². The largest absolute Gasteiger partial charge is 0.389 e. The van der Waals surface area contributed by atoms with E-state index in [1.165, 1.54) is 12.3 Å². The molecule has 0 rings (SSSR count). The van der Waals surface area contributed by atoms with Gasteiger partial charge >= 0.3 is 6.18 Å². The smallest absolute Gasteiger partial charge is 0.262 e. The van der Waals surface area contributed by atoms with E-state index in [4.69, 9.17) is 0 Å². The Kier molecular flexibility index (Phi) is 4.33. The van der Waals surface area contributed by atoms with Crippen molar-refractivity contribution in [3.63, 3.8) is 0 Å². The predicted octanol–water partition coefficient (Wildman–Crippen LogP) is 3.10. The van der Waals surface area contributed by atoms with Gasteiger partial charge in [0.1, 0.15) is 0 Å². The first kappa shape index (κ1) is 10.9. The lowest BCUT2D eigenvalue weighted by Gasteiger charge is -2.04. The monoisotopic (exact) mass is 177 g/mol. The molecule has 0 N–H and O–H groups in total. The molecule has 0 saturated carbocycles. The van der Waals surface area contributed by atoms with Gasteiger partial charge in [-0.3, -0.25) is 4.99 Å². The number of hydrogen-bond acceptors (Lipinski definition) is 1. The van der Waals surface area contributed by atoms with Crippen molar-refractivity contribution in [1.82, 2.24) is 0 Å². The zero-order valence-corrected chi connectivity index (χ0v) is 6.56. The van der Waals surface area contributed by atoms with Crippen molar-refractivity contribution in [3.05, 3.63) is 25.4 Å². The van der Waals surface area contributed by atoms with Crippen LogP contribution in [0.4, 0.5) is 13.2 Å². The summed E-state index contributed by atoms with van der Waals surface area (Å²) >= 11 is 0. The lowest BCUT2D eigenvalue weighted by atomic mass is 10.2. The average Bonchev–Trinajstić information content (AvgIpc) is 1.96. The quantitative estimate of drug-likeness (QED) is 0.585. The van der Waals surface area contributed by atoms with E-state index in [1.807, 2.05) is 0 Å². The molecule has 0 saturated heterocycles. The van der Waals surface area contributed by atoms with Crippen LogP contribution in [0.3, 0.4) is 0 Å². The third kappa shape index (κ3) is 5.70. The number of aliphatic imine (C=N–C) groups is 1. The van der Waals surface area contributed by atoms with Crippen molar-refractivity contribution < 1.29 is 13.2 Å². The van der Waals surface area contributed by atoms with Crippen LogP contribution in [0.1, 0.15) is 12.8 Å². The number of nitrogens with zero attached hydrogens (tertiary/aromatic N) is 1. The second-order valence-electron chi connectivity index (χ2n) is 2.12. The molecule has 0 fully saturated rings. The van der Waals surface area contributed by atoms with Crippen LogP contribution >= 0.6 is 0 Å². The summed E-state index contributed by atoms with van der Waals surface area (Å²) < 4.78 is 35.0. The Balaban J connectivity index is 3.98. The number of allylic oxidation sites excluding steroid dienone is 1. The van der Waals surface area contributed by atoms with Crippen LogP contribution in [0.2, 0.25) is 0 Å². The number of hydrogen-bond donors (Lipinski definition) is 0. The summed E-state index contributed by atoms with van der Waals surface area (Å²) in [4.78, 5) is 3.61. The van der Waals surface area contributed by atoms with Crippen molar-refractivity contribution in [2.75, 3.05) is 0 Å². The molecule has 68 valence electrons. The summed E-state index contributed by atoms with van der Waals surface area (Å²) in [7, 11) is 0. The summed E-state index contributed by atoms with van der Waals surface area (Å²) in [5, 5.41) is 0. The molecule has 0 bridgehead atoms. The molecule has 12 heavy (non-hydrogen) atoms. The fourth-order valence-electron chi connectivity index (χ4n) is 0.606. The molecule has 0 spiro atoms. The van der Waals surface area contributed by atoms with Gasteiger partial charge in [-0.2, -0.15) is 13.2 Å². The molecule has 0 radical (unpaired) electrons. The molecule has 0 aliphatic rings. The molecule has 4 heteroatoms.